The molecule has 9 heteroatoms. The third kappa shape index (κ3) is 6.45. The minimum atomic E-state index is -4.48. The van der Waals surface area contributed by atoms with Gasteiger partial charge in [-0.05, 0) is 64.6 Å². The molecule has 0 atom stereocenters. The number of carbonyl (C=O) groups excluding carboxylic acids is 2. The van der Waals surface area contributed by atoms with Crippen LogP contribution in [0, 0.1) is 3.77 Å². The van der Waals surface area contributed by atoms with Crippen LogP contribution in [0.1, 0.15) is 27.2 Å². The van der Waals surface area contributed by atoms with Crippen molar-refractivity contribution in [1.82, 2.24) is 10.6 Å². The van der Waals surface area contributed by atoms with Crippen molar-refractivity contribution in [2.45, 2.75) is 12.7 Å². The zero-order valence-corrected chi connectivity index (χ0v) is 18.0. The Labute approximate surface area is 189 Å². The van der Waals surface area contributed by atoms with E-state index in [1.54, 1.807) is 42.5 Å². The van der Waals surface area contributed by atoms with Gasteiger partial charge < -0.3 is 15.1 Å². The molecule has 3 rings (SSSR count). The summed E-state index contributed by atoms with van der Waals surface area (Å²) < 4.78 is 44.7. The van der Waals surface area contributed by atoms with Gasteiger partial charge in [-0.2, -0.15) is 13.2 Å². The number of nitrogens with one attached hydrogen (secondary N) is 2. The van der Waals surface area contributed by atoms with Crippen molar-refractivity contribution in [3.05, 3.63) is 98.6 Å². The zero-order chi connectivity index (χ0) is 22.4. The molecule has 5 nitrogen and oxygen atoms in total. The maximum Gasteiger partial charge on any atom is 0.416 e. The second kappa shape index (κ2) is 9.82. The van der Waals surface area contributed by atoms with Gasteiger partial charge in [-0.1, -0.05) is 30.3 Å². The molecular formula is C22H16F3IN2O3. The fraction of sp³-hybridized carbons (Fsp3) is 0.0909. The molecular weight excluding hydrogens is 524 g/mol. The molecule has 2 amide bonds. The first-order valence-corrected chi connectivity index (χ1v) is 10.1. The lowest BCUT2D eigenvalue weighted by atomic mass is 10.1. The molecule has 0 spiro atoms. The third-order valence-corrected chi connectivity index (χ3v) is 4.70. The van der Waals surface area contributed by atoms with Crippen LogP contribution in [0.4, 0.5) is 13.2 Å². The fourth-order valence-corrected chi connectivity index (χ4v) is 3.06. The van der Waals surface area contributed by atoms with E-state index >= 15 is 0 Å². The lowest BCUT2D eigenvalue weighted by molar-refractivity contribution is -0.137. The average molecular weight is 540 g/mol. The Morgan fingerprint density at radius 3 is 2.39 bits per heavy atom. The van der Waals surface area contributed by atoms with E-state index in [1.807, 2.05) is 22.6 Å². The summed E-state index contributed by atoms with van der Waals surface area (Å²) in [6, 6.07) is 16.2. The van der Waals surface area contributed by atoms with E-state index in [1.165, 1.54) is 18.2 Å². The second-order valence-electron chi connectivity index (χ2n) is 6.40. The van der Waals surface area contributed by atoms with E-state index in [4.69, 9.17) is 4.42 Å². The monoisotopic (exact) mass is 540 g/mol. The molecule has 2 aromatic carbocycles. The van der Waals surface area contributed by atoms with Crippen LogP contribution in [0.25, 0.3) is 6.08 Å². The first-order chi connectivity index (χ1) is 14.7. The number of hydrogen-bond donors (Lipinski definition) is 2. The molecule has 0 aliphatic rings. The molecule has 1 heterocycles. The van der Waals surface area contributed by atoms with Crippen molar-refractivity contribution in [3.63, 3.8) is 0 Å². The van der Waals surface area contributed by atoms with Crippen LogP contribution in [-0.4, -0.2) is 11.8 Å². The highest BCUT2D eigenvalue weighted by Crippen LogP contribution is 2.29. The summed E-state index contributed by atoms with van der Waals surface area (Å²) in [5.74, 6) is -0.850. The predicted octanol–water partition coefficient (Wildman–Crippen LogP) is 4.99. The van der Waals surface area contributed by atoms with Crippen molar-refractivity contribution in [2.75, 3.05) is 0 Å². The number of amides is 2. The fourth-order valence-electron chi connectivity index (χ4n) is 2.63. The molecule has 3 aromatic rings. The number of rotatable bonds is 6. The van der Waals surface area contributed by atoms with E-state index in [0.717, 1.165) is 12.1 Å². The van der Waals surface area contributed by atoms with Gasteiger partial charge >= 0.3 is 6.18 Å². The van der Waals surface area contributed by atoms with E-state index in [0.29, 0.717) is 15.1 Å². The zero-order valence-electron chi connectivity index (χ0n) is 15.9. The Morgan fingerprint density at radius 2 is 1.74 bits per heavy atom. The van der Waals surface area contributed by atoms with E-state index < -0.39 is 23.6 Å². The highest BCUT2D eigenvalue weighted by Gasteiger charge is 2.30. The standard InChI is InChI=1S/C22H16F3IN2O3/c23-22(24,25)16-8-4-5-14(11-16)13-27-21(30)18(12-17-9-10-19(26)31-17)28-20(29)15-6-2-1-3-7-15/h1-12H,13H2,(H,27,30)(H,28,29)/b18-12-. The summed E-state index contributed by atoms with van der Waals surface area (Å²) in [5, 5.41) is 5.06. The maximum absolute atomic E-state index is 12.9. The molecule has 1 aromatic heterocycles. The van der Waals surface area contributed by atoms with Crippen LogP contribution in [0.3, 0.4) is 0 Å². The van der Waals surface area contributed by atoms with Gasteiger partial charge in [0.05, 0.1) is 5.56 Å². The molecule has 0 unspecified atom stereocenters. The van der Waals surface area contributed by atoms with Gasteiger partial charge in [0, 0.05) is 18.2 Å². The van der Waals surface area contributed by atoms with Crippen LogP contribution in [0.15, 0.2) is 76.8 Å². The van der Waals surface area contributed by atoms with Gasteiger partial charge in [0.1, 0.15) is 11.5 Å². The molecule has 0 fully saturated rings. The van der Waals surface area contributed by atoms with Crippen molar-refractivity contribution >= 4 is 40.5 Å². The molecule has 2 N–H and O–H groups in total. The molecule has 0 saturated heterocycles. The van der Waals surface area contributed by atoms with Crippen LogP contribution in [0.2, 0.25) is 0 Å². The van der Waals surface area contributed by atoms with Crippen LogP contribution in [-0.2, 0) is 17.5 Å². The molecule has 0 bridgehead atoms. The first-order valence-electron chi connectivity index (χ1n) is 9.00. The van der Waals surface area contributed by atoms with Crippen molar-refractivity contribution in [3.8, 4) is 0 Å². The summed E-state index contributed by atoms with van der Waals surface area (Å²) in [6.45, 7) is -0.156. The van der Waals surface area contributed by atoms with Gasteiger partial charge in [0.2, 0.25) is 0 Å². The van der Waals surface area contributed by atoms with E-state index in [2.05, 4.69) is 10.6 Å². The summed E-state index contributed by atoms with van der Waals surface area (Å²) in [4.78, 5) is 25.2. The van der Waals surface area contributed by atoms with Crippen LogP contribution < -0.4 is 10.6 Å². The molecule has 0 aliphatic carbocycles. The van der Waals surface area contributed by atoms with Crippen LogP contribution in [0.5, 0.6) is 0 Å². The minimum absolute atomic E-state index is 0.105. The highest BCUT2D eigenvalue weighted by atomic mass is 127. The highest BCUT2D eigenvalue weighted by molar-refractivity contribution is 14.1. The Balaban J connectivity index is 1.78. The summed E-state index contributed by atoms with van der Waals surface area (Å²) in [5.41, 5.74) is -0.304. The molecule has 0 radical (unpaired) electrons. The number of alkyl halides is 3. The summed E-state index contributed by atoms with van der Waals surface area (Å²) in [7, 11) is 0. The van der Waals surface area contributed by atoms with Crippen LogP contribution >= 0.6 is 22.6 Å². The number of carbonyl (C=O) groups is 2. The average Bonchev–Trinajstić information content (AvgIpc) is 3.16. The minimum Gasteiger partial charge on any atom is -0.451 e. The second-order valence-corrected chi connectivity index (χ2v) is 7.46. The maximum atomic E-state index is 12.9. The van der Waals surface area contributed by atoms with Gasteiger partial charge in [-0.15, -0.1) is 0 Å². The van der Waals surface area contributed by atoms with Crippen molar-refractivity contribution in [1.29, 1.82) is 0 Å². The third-order valence-electron chi connectivity index (χ3n) is 4.12. The largest absolute Gasteiger partial charge is 0.451 e. The Morgan fingerprint density at radius 1 is 1.00 bits per heavy atom. The molecule has 160 valence electrons. The van der Waals surface area contributed by atoms with Gasteiger partial charge in [0.25, 0.3) is 11.8 Å². The van der Waals surface area contributed by atoms with E-state index in [9.17, 15) is 22.8 Å². The Bertz CT molecular complexity index is 1110. The number of halogens is 4. The molecule has 31 heavy (non-hydrogen) atoms. The van der Waals surface area contributed by atoms with E-state index in [-0.39, 0.29) is 17.8 Å². The number of hydrogen-bond acceptors (Lipinski definition) is 3. The van der Waals surface area contributed by atoms with Gasteiger partial charge in [-0.25, -0.2) is 0 Å². The van der Waals surface area contributed by atoms with Gasteiger partial charge in [-0.3, -0.25) is 9.59 Å². The van der Waals surface area contributed by atoms with Crippen molar-refractivity contribution in [2.24, 2.45) is 0 Å². The normalized spacial score (nSPS) is 11.8. The Hall–Kier alpha value is -3.08. The summed E-state index contributed by atoms with van der Waals surface area (Å²) in [6.07, 6.45) is -3.13. The quantitative estimate of drug-likeness (QED) is 0.342. The van der Waals surface area contributed by atoms with Gasteiger partial charge in [0.15, 0.2) is 3.77 Å². The predicted molar refractivity (Wildman–Crippen MR) is 117 cm³/mol. The summed E-state index contributed by atoms with van der Waals surface area (Å²) >= 11 is 1.96. The number of furan rings is 1. The smallest absolute Gasteiger partial charge is 0.416 e. The first kappa shape index (κ1) is 22.6. The number of benzene rings is 2. The van der Waals surface area contributed by atoms with Crippen molar-refractivity contribution < 1.29 is 27.2 Å². The lowest BCUT2D eigenvalue weighted by Crippen LogP contribution is -2.34. The SMILES string of the molecule is O=C(NCc1cccc(C(F)(F)F)c1)/C(=C/c1ccc(I)o1)NC(=O)c1ccccc1. The Kier molecular flexibility index (Phi) is 7.16. The molecule has 0 saturated carbocycles. The lowest BCUT2D eigenvalue weighted by Gasteiger charge is -2.12. The molecule has 0 aliphatic heterocycles. The topological polar surface area (TPSA) is 71.3 Å².